The first-order valence-corrected chi connectivity index (χ1v) is 6.22. The number of hydrogen-bond acceptors (Lipinski definition) is 2. The average molecular weight is 212 g/mol. The summed E-state index contributed by atoms with van der Waals surface area (Å²) >= 11 is 0. The van der Waals surface area contributed by atoms with E-state index in [1.165, 1.54) is 25.7 Å². The van der Waals surface area contributed by atoms with Crippen LogP contribution in [0, 0.1) is 17.8 Å². The SMILES string of the molecule is CC1CCC(C(C)CC(C)OC=O)CC1. The second-order valence-electron chi connectivity index (χ2n) is 5.28. The highest BCUT2D eigenvalue weighted by atomic mass is 16.5. The van der Waals surface area contributed by atoms with E-state index in [0.29, 0.717) is 12.4 Å². The molecule has 0 saturated heterocycles. The highest BCUT2D eigenvalue weighted by Gasteiger charge is 2.24. The maximum Gasteiger partial charge on any atom is 0.293 e. The van der Waals surface area contributed by atoms with Gasteiger partial charge in [-0.2, -0.15) is 0 Å². The smallest absolute Gasteiger partial charge is 0.293 e. The maximum atomic E-state index is 10.2. The molecule has 0 N–H and O–H groups in total. The van der Waals surface area contributed by atoms with Crippen LogP contribution in [-0.4, -0.2) is 12.6 Å². The van der Waals surface area contributed by atoms with E-state index in [1.807, 2.05) is 6.92 Å². The number of carbonyl (C=O) groups excluding carboxylic acids is 1. The molecule has 1 aliphatic rings. The van der Waals surface area contributed by atoms with Gasteiger partial charge in [-0.1, -0.05) is 26.7 Å². The van der Waals surface area contributed by atoms with E-state index in [0.717, 1.165) is 18.3 Å². The van der Waals surface area contributed by atoms with E-state index in [4.69, 9.17) is 4.74 Å². The van der Waals surface area contributed by atoms with Gasteiger partial charge in [0, 0.05) is 0 Å². The van der Waals surface area contributed by atoms with E-state index in [9.17, 15) is 4.79 Å². The third-order valence-electron chi connectivity index (χ3n) is 3.86. The van der Waals surface area contributed by atoms with Gasteiger partial charge in [-0.25, -0.2) is 0 Å². The molecule has 1 fully saturated rings. The van der Waals surface area contributed by atoms with Crippen LogP contribution in [0.1, 0.15) is 52.9 Å². The monoisotopic (exact) mass is 212 g/mol. The summed E-state index contributed by atoms with van der Waals surface area (Å²) in [5.41, 5.74) is 0. The zero-order chi connectivity index (χ0) is 11.3. The minimum atomic E-state index is 0.0804. The Bertz CT molecular complexity index is 183. The second kappa shape index (κ2) is 6.14. The highest BCUT2D eigenvalue weighted by molar-refractivity contribution is 5.37. The summed E-state index contributed by atoms with van der Waals surface area (Å²) in [6.07, 6.45) is 6.55. The molecule has 0 aliphatic heterocycles. The lowest BCUT2D eigenvalue weighted by Gasteiger charge is -2.31. The van der Waals surface area contributed by atoms with Crippen LogP contribution >= 0.6 is 0 Å². The Hall–Kier alpha value is -0.530. The predicted molar refractivity (Wildman–Crippen MR) is 61.5 cm³/mol. The van der Waals surface area contributed by atoms with Crippen molar-refractivity contribution in [3.8, 4) is 0 Å². The lowest BCUT2D eigenvalue weighted by Crippen LogP contribution is -2.22. The molecule has 15 heavy (non-hydrogen) atoms. The molecular formula is C13H24O2. The van der Waals surface area contributed by atoms with Crippen molar-refractivity contribution in [1.82, 2.24) is 0 Å². The quantitative estimate of drug-likeness (QED) is 0.653. The van der Waals surface area contributed by atoms with Crippen molar-refractivity contribution in [3.63, 3.8) is 0 Å². The van der Waals surface area contributed by atoms with Crippen molar-refractivity contribution >= 4 is 6.47 Å². The van der Waals surface area contributed by atoms with Crippen molar-refractivity contribution in [2.75, 3.05) is 0 Å². The minimum Gasteiger partial charge on any atom is -0.465 e. The normalized spacial score (nSPS) is 30.6. The molecular weight excluding hydrogens is 188 g/mol. The van der Waals surface area contributed by atoms with E-state index in [2.05, 4.69) is 13.8 Å². The van der Waals surface area contributed by atoms with Crippen LogP contribution in [0.15, 0.2) is 0 Å². The van der Waals surface area contributed by atoms with Gasteiger partial charge < -0.3 is 4.74 Å². The molecule has 0 radical (unpaired) electrons. The van der Waals surface area contributed by atoms with Crippen LogP contribution in [0.4, 0.5) is 0 Å². The van der Waals surface area contributed by atoms with Crippen molar-refractivity contribution in [2.45, 2.75) is 59.0 Å². The van der Waals surface area contributed by atoms with Crippen LogP contribution < -0.4 is 0 Å². The van der Waals surface area contributed by atoms with Crippen LogP contribution in [-0.2, 0) is 9.53 Å². The van der Waals surface area contributed by atoms with E-state index in [1.54, 1.807) is 0 Å². The fourth-order valence-electron chi connectivity index (χ4n) is 2.72. The second-order valence-corrected chi connectivity index (χ2v) is 5.28. The molecule has 2 nitrogen and oxygen atoms in total. The number of carbonyl (C=O) groups is 1. The fourth-order valence-corrected chi connectivity index (χ4v) is 2.72. The van der Waals surface area contributed by atoms with Gasteiger partial charge in [-0.15, -0.1) is 0 Å². The van der Waals surface area contributed by atoms with E-state index < -0.39 is 0 Å². The van der Waals surface area contributed by atoms with E-state index >= 15 is 0 Å². The minimum absolute atomic E-state index is 0.0804. The molecule has 0 aromatic carbocycles. The van der Waals surface area contributed by atoms with Crippen molar-refractivity contribution in [1.29, 1.82) is 0 Å². The van der Waals surface area contributed by atoms with Crippen LogP contribution in [0.25, 0.3) is 0 Å². The number of rotatable bonds is 5. The zero-order valence-corrected chi connectivity index (χ0v) is 10.2. The molecule has 0 aromatic heterocycles. The van der Waals surface area contributed by atoms with Crippen LogP contribution in [0.3, 0.4) is 0 Å². The first-order valence-electron chi connectivity index (χ1n) is 6.22. The first-order chi connectivity index (χ1) is 7.13. The molecule has 2 heteroatoms. The van der Waals surface area contributed by atoms with Gasteiger partial charge in [0.1, 0.15) is 0 Å². The van der Waals surface area contributed by atoms with Gasteiger partial charge >= 0.3 is 0 Å². The molecule has 88 valence electrons. The number of hydrogen-bond donors (Lipinski definition) is 0. The van der Waals surface area contributed by atoms with Gasteiger partial charge in [0.25, 0.3) is 6.47 Å². The molecule has 0 amide bonds. The molecule has 0 bridgehead atoms. The summed E-state index contributed by atoms with van der Waals surface area (Å²) in [7, 11) is 0. The Balaban J connectivity index is 2.27. The standard InChI is InChI=1S/C13H24O2/c1-10-4-6-13(7-5-10)11(2)8-12(3)15-9-14/h9-13H,4-8H2,1-3H3. The molecule has 1 aliphatic carbocycles. The van der Waals surface area contributed by atoms with Gasteiger partial charge in [-0.3, -0.25) is 4.79 Å². The molecule has 1 saturated carbocycles. The Morgan fingerprint density at radius 1 is 1.27 bits per heavy atom. The van der Waals surface area contributed by atoms with Gasteiger partial charge in [0.15, 0.2) is 0 Å². The van der Waals surface area contributed by atoms with Crippen LogP contribution in [0.2, 0.25) is 0 Å². The van der Waals surface area contributed by atoms with Crippen molar-refractivity contribution < 1.29 is 9.53 Å². The lowest BCUT2D eigenvalue weighted by atomic mass is 9.75. The topological polar surface area (TPSA) is 26.3 Å². The Morgan fingerprint density at radius 2 is 1.87 bits per heavy atom. The Kier molecular flexibility index (Phi) is 5.13. The molecule has 0 spiro atoms. The molecule has 0 aromatic rings. The van der Waals surface area contributed by atoms with Crippen molar-refractivity contribution in [2.24, 2.45) is 17.8 Å². The Morgan fingerprint density at radius 3 is 2.40 bits per heavy atom. The summed E-state index contributed by atoms with van der Waals surface area (Å²) in [6.45, 7) is 7.20. The largest absolute Gasteiger partial charge is 0.465 e. The lowest BCUT2D eigenvalue weighted by molar-refractivity contribution is -0.133. The highest BCUT2D eigenvalue weighted by Crippen LogP contribution is 2.34. The summed E-state index contributed by atoms with van der Waals surface area (Å²) in [4.78, 5) is 10.2. The molecule has 1 rings (SSSR count). The first kappa shape index (κ1) is 12.5. The van der Waals surface area contributed by atoms with Gasteiger partial charge in [-0.05, 0) is 43.9 Å². The number of ether oxygens (including phenoxy) is 1. The summed E-state index contributed by atoms with van der Waals surface area (Å²) in [5, 5.41) is 0. The van der Waals surface area contributed by atoms with Crippen LogP contribution in [0.5, 0.6) is 0 Å². The predicted octanol–water partition coefficient (Wildman–Crippen LogP) is 3.40. The van der Waals surface area contributed by atoms with Gasteiger partial charge in [0.05, 0.1) is 6.10 Å². The summed E-state index contributed by atoms with van der Waals surface area (Å²) in [6, 6.07) is 0. The molecule has 2 atom stereocenters. The molecule has 2 unspecified atom stereocenters. The Labute approximate surface area is 93.4 Å². The average Bonchev–Trinajstić information content (AvgIpc) is 2.18. The van der Waals surface area contributed by atoms with Gasteiger partial charge in [0.2, 0.25) is 0 Å². The zero-order valence-electron chi connectivity index (χ0n) is 10.2. The third-order valence-corrected chi connectivity index (χ3v) is 3.86. The van der Waals surface area contributed by atoms with Crippen molar-refractivity contribution in [3.05, 3.63) is 0 Å². The summed E-state index contributed by atoms with van der Waals surface area (Å²) < 4.78 is 4.94. The maximum absolute atomic E-state index is 10.2. The summed E-state index contributed by atoms with van der Waals surface area (Å²) in [5.74, 6) is 2.45. The molecule has 0 heterocycles. The third kappa shape index (κ3) is 4.23. The fraction of sp³-hybridized carbons (Fsp3) is 0.923. The van der Waals surface area contributed by atoms with E-state index in [-0.39, 0.29) is 6.10 Å².